The summed E-state index contributed by atoms with van der Waals surface area (Å²) in [5, 5.41) is 11.0. The van der Waals surface area contributed by atoms with Crippen LogP contribution in [0.25, 0.3) is 0 Å². The first-order valence-corrected chi connectivity index (χ1v) is 5.18. The second-order valence-corrected chi connectivity index (χ2v) is 3.49. The molecule has 2 atom stereocenters. The molecule has 17 heavy (non-hydrogen) atoms. The molecule has 0 unspecified atom stereocenters. The molecule has 8 heteroatoms. The number of nitrogens with one attached hydrogen (secondary N) is 1. The molecule has 0 bridgehead atoms. The van der Waals surface area contributed by atoms with Crippen LogP contribution in [0.3, 0.4) is 0 Å². The number of hydrogen-bond acceptors (Lipinski definition) is 5. The van der Waals surface area contributed by atoms with E-state index in [1.165, 1.54) is 0 Å². The van der Waals surface area contributed by atoms with Gasteiger partial charge in [-0.3, -0.25) is 9.79 Å². The van der Waals surface area contributed by atoms with Gasteiger partial charge in [0.05, 0.1) is 12.6 Å². The van der Waals surface area contributed by atoms with E-state index in [1.54, 1.807) is 0 Å². The maximum Gasteiger partial charge on any atom is 0.239 e. The molecule has 0 aromatic carbocycles. The molecule has 8 nitrogen and oxygen atoms in total. The van der Waals surface area contributed by atoms with Crippen molar-refractivity contribution in [2.24, 2.45) is 22.2 Å². The molecule has 0 fully saturated rings. The summed E-state index contributed by atoms with van der Waals surface area (Å²) in [6, 6.07) is -1.66. The molecule has 0 aromatic heterocycles. The van der Waals surface area contributed by atoms with Crippen molar-refractivity contribution in [3.05, 3.63) is 0 Å². The van der Waals surface area contributed by atoms with Gasteiger partial charge in [0.15, 0.2) is 5.96 Å². The lowest BCUT2D eigenvalue weighted by Gasteiger charge is -2.14. The Kier molecular flexibility index (Phi) is 7.65. The van der Waals surface area contributed by atoms with Gasteiger partial charge in [-0.05, 0) is 12.8 Å². The van der Waals surface area contributed by atoms with Crippen molar-refractivity contribution >= 4 is 18.2 Å². The van der Waals surface area contributed by atoms with Crippen LogP contribution in [-0.2, 0) is 9.59 Å². The normalized spacial score (nSPS) is 13.5. The number of nitrogens with zero attached hydrogens (tertiary/aromatic N) is 1. The average Bonchev–Trinajstić information content (AvgIpc) is 2.31. The van der Waals surface area contributed by atoms with Crippen LogP contribution in [0.1, 0.15) is 12.8 Å². The van der Waals surface area contributed by atoms with Gasteiger partial charge in [-0.25, -0.2) is 0 Å². The number of guanidine groups is 1. The Hall–Kier alpha value is -1.67. The fourth-order valence-electron chi connectivity index (χ4n) is 1.07. The van der Waals surface area contributed by atoms with E-state index in [4.69, 9.17) is 22.3 Å². The molecule has 0 radical (unpaired) electrons. The highest BCUT2D eigenvalue weighted by atomic mass is 16.3. The fourth-order valence-corrected chi connectivity index (χ4v) is 1.07. The van der Waals surface area contributed by atoms with Crippen LogP contribution in [0.2, 0.25) is 0 Å². The second-order valence-electron chi connectivity index (χ2n) is 3.49. The quantitative estimate of drug-likeness (QED) is 0.133. The Labute approximate surface area is 99.2 Å². The highest BCUT2D eigenvalue weighted by molar-refractivity contribution is 5.84. The minimum absolute atomic E-state index is 0.0148. The minimum atomic E-state index is -1.02. The molecule has 1 amide bonds. The van der Waals surface area contributed by atoms with Crippen molar-refractivity contribution in [3.8, 4) is 0 Å². The summed E-state index contributed by atoms with van der Waals surface area (Å²) in [5.74, 6) is -0.578. The number of aliphatic imine (C=N–C) groups is 1. The van der Waals surface area contributed by atoms with E-state index >= 15 is 0 Å². The van der Waals surface area contributed by atoms with Crippen molar-refractivity contribution in [2.75, 3.05) is 13.2 Å². The summed E-state index contributed by atoms with van der Waals surface area (Å²) >= 11 is 0. The van der Waals surface area contributed by atoms with E-state index in [-0.39, 0.29) is 5.96 Å². The van der Waals surface area contributed by atoms with Gasteiger partial charge >= 0.3 is 0 Å². The molecule has 0 aliphatic rings. The number of nitrogens with two attached hydrogens (primary N) is 3. The summed E-state index contributed by atoms with van der Waals surface area (Å²) in [6.45, 7) is -0.0833. The number of hydrogen-bond donors (Lipinski definition) is 5. The van der Waals surface area contributed by atoms with E-state index in [9.17, 15) is 9.59 Å². The summed E-state index contributed by atoms with van der Waals surface area (Å²) in [6.07, 6.45) is 1.57. The monoisotopic (exact) mass is 245 g/mol. The Morgan fingerprint density at radius 3 is 2.59 bits per heavy atom. The number of carbonyl (C=O) groups excluding carboxylic acids is 2. The highest BCUT2D eigenvalue weighted by Crippen LogP contribution is 1.96. The van der Waals surface area contributed by atoms with Crippen LogP contribution in [0.4, 0.5) is 0 Å². The summed E-state index contributed by atoms with van der Waals surface area (Å²) < 4.78 is 0. The second kappa shape index (κ2) is 8.48. The third kappa shape index (κ3) is 7.25. The van der Waals surface area contributed by atoms with Gasteiger partial charge in [-0.1, -0.05) is 0 Å². The van der Waals surface area contributed by atoms with Crippen molar-refractivity contribution in [1.29, 1.82) is 0 Å². The first kappa shape index (κ1) is 15.3. The minimum Gasteiger partial charge on any atom is -0.394 e. The molecule has 0 aromatic rings. The summed E-state index contributed by atoms with van der Waals surface area (Å²) in [5.41, 5.74) is 15.5. The molecule has 0 saturated heterocycles. The number of aliphatic hydroxyl groups is 1. The fraction of sp³-hybridized carbons (Fsp3) is 0.667. The molecule has 8 N–H and O–H groups in total. The van der Waals surface area contributed by atoms with Crippen LogP contribution < -0.4 is 22.5 Å². The van der Waals surface area contributed by atoms with Crippen LogP contribution in [0.15, 0.2) is 4.99 Å². The van der Waals surface area contributed by atoms with Crippen molar-refractivity contribution in [3.63, 3.8) is 0 Å². The maximum atomic E-state index is 11.3. The predicted molar refractivity (Wildman–Crippen MR) is 63.0 cm³/mol. The van der Waals surface area contributed by atoms with Gasteiger partial charge in [0.2, 0.25) is 5.91 Å². The van der Waals surface area contributed by atoms with Crippen molar-refractivity contribution in [2.45, 2.75) is 24.9 Å². The molecule has 0 saturated carbocycles. The third-order valence-electron chi connectivity index (χ3n) is 1.99. The van der Waals surface area contributed by atoms with E-state index in [0.29, 0.717) is 25.7 Å². The van der Waals surface area contributed by atoms with E-state index in [0.717, 1.165) is 0 Å². The molecular weight excluding hydrogens is 226 g/mol. The van der Waals surface area contributed by atoms with E-state index < -0.39 is 24.6 Å². The number of aliphatic hydroxyl groups excluding tert-OH is 1. The van der Waals surface area contributed by atoms with Crippen LogP contribution in [0, 0.1) is 0 Å². The number of aldehydes is 1. The zero-order chi connectivity index (χ0) is 13.3. The van der Waals surface area contributed by atoms with E-state index in [2.05, 4.69) is 10.3 Å². The molecule has 0 heterocycles. The average molecular weight is 245 g/mol. The number of rotatable bonds is 8. The SMILES string of the molecule is NC(N)=NCCC[C@@H](C=O)NC(=O)[C@@H](N)CO. The van der Waals surface area contributed by atoms with Gasteiger partial charge in [0.1, 0.15) is 12.3 Å². The standard InChI is InChI=1S/C9H19N5O3/c10-7(5-16)8(17)14-6(4-15)2-1-3-13-9(11)12/h4,6-7,16H,1-3,5,10H2,(H,14,17)(H4,11,12,13)/t6-,7-/m0/s1. The Morgan fingerprint density at radius 1 is 1.47 bits per heavy atom. The predicted octanol–water partition coefficient (Wildman–Crippen LogP) is -2.96. The molecule has 0 rings (SSSR count). The maximum absolute atomic E-state index is 11.3. The summed E-state index contributed by atoms with van der Waals surface area (Å²) in [4.78, 5) is 25.7. The van der Waals surface area contributed by atoms with Crippen LogP contribution >= 0.6 is 0 Å². The Balaban J connectivity index is 3.96. The lowest BCUT2D eigenvalue weighted by molar-refractivity contribution is -0.125. The Morgan fingerprint density at radius 2 is 2.12 bits per heavy atom. The van der Waals surface area contributed by atoms with Gasteiger partial charge in [-0.2, -0.15) is 0 Å². The summed E-state index contributed by atoms with van der Waals surface area (Å²) in [7, 11) is 0. The van der Waals surface area contributed by atoms with Gasteiger partial charge in [0.25, 0.3) is 0 Å². The Bertz CT molecular complexity index is 278. The first-order chi connectivity index (χ1) is 8.01. The molecule has 0 spiro atoms. The lowest BCUT2D eigenvalue weighted by atomic mass is 10.1. The molecule has 0 aliphatic heterocycles. The van der Waals surface area contributed by atoms with Gasteiger partial charge < -0.3 is 32.4 Å². The van der Waals surface area contributed by atoms with Crippen molar-refractivity contribution in [1.82, 2.24) is 5.32 Å². The first-order valence-electron chi connectivity index (χ1n) is 5.18. The van der Waals surface area contributed by atoms with Crippen molar-refractivity contribution < 1.29 is 14.7 Å². The smallest absolute Gasteiger partial charge is 0.239 e. The third-order valence-corrected chi connectivity index (χ3v) is 1.99. The number of amides is 1. The molecular formula is C9H19N5O3. The van der Waals surface area contributed by atoms with Gasteiger partial charge in [0, 0.05) is 6.54 Å². The largest absolute Gasteiger partial charge is 0.394 e. The zero-order valence-electron chi connectivity index (χ0n) is 9.50. The zero-order valence-corrected chi connectivity index (χ0v) is 9.50. The lowest BCUT2D eigenvalue weighted by Crippen LogP contribution is -2.47. The molecule has 0 aliphatic carbocycles. The topological polar surface area (TPSA) is 157 Å². The number of carbonyl (C=O) groups is 2. The highest BCUT2D eigenvalue weighted by Gasteiger charge is 2.16. The van der Waals surface area contributed by atoms with E-state index in [1.807, 2.05) is 0 Å². The van der Waals surface area contributed by atoms with Gasteiger partial charge in [-0.15, -0.1) is 0 Å². The van der Waals surface area contributed by atoms with Crippen LogP contribution in [0.5, 0.6) is 0 Å². The molecule has 98 valence electrons. The van der Waals surface area contributed by atoms with Crippen LogP contribution in [-0.4, -0.2) is 48.5 Å².